The molecule has 2 rings (SSSR count). The molecule has 0 bridgehead atoms. The van der Waals surface area contributed by atoms with Crippen LogP contribution in [-0.4, -0.2) is 17.7 Å². The number of fused-ring (bicyclic) bond motifs is 1. The van der Waals surface area contributed by atoms with E-state index in [2.05, 4.69) is 53.2 Å². The van der Waals surface area contributed by atoms with Crippen LogP contribution in [0.2, 0.25) is 0 Å². The van der Waals surface area contributed by atoms with E-state index in [1.54, 1.807) is 0 Å². The Morgan fingerprint density at radius 3 is 2.90 bits per heavy atom. The van der Waals surface area contributed by atoms with Crippen molar-refractivity contribution in [2.75, 3.05) is 13.1 Å². The molecule has 2 aromatic rings. The summed E-state index contributed by atoms with van der Waals surface area (Å²) in [5.74, 6) is 2.73. The van der Waals surface area contributed by atoms with Crippen LogP contribution in [-0.2, 0) is 13.0 Å². The molecule has 1 aromatic heterocycles. The first-order chi connectivity index (χ1) is 9.86. The third-order valence-electron chi connectivity index (χ3n) is 3.59. The third-order valence-corrected chi connectivity index (χ3v) is 3.59. The minimum atomic E-state index is 0.788. The lowest BCUT2D eigenvalue weighted by molar-refractivity contribution is 0.639. The van der Waals surface area contributed by atoms with E-state index in [1.165, 1.54) is 29.3 Å². The van der Waals surface area contributed by atoms with E-state index in [-0.39, 0.29) is 0 Å². The first kappa shape index (κ1) is 14.7. The summed E-state index contributed by atoms with van der Waals surface area (Å²) in [5, 5.41) is 4.84. The van der Waals surface area contributed by atoms with Crippen LogP contribution in [0.15, 0.2) is 30.5 Å². The van der Waals surface area contributed by atoms with E-state index in [9.17, 15) is 0 Å². The molecule has 0 aliphatic heterocycles. The molecule has 20 heavy (non-hydrogen) atoms. The van der Waals surface area contributed by atoms with Crippen molar-refractivity contribution in [3.05, 3.63) is 36.0 Å². The quantitative estimate of drug-likeness (QED) is 0.572. The molecule has 0 aliphatic carbocycles. The lowest BCUT2D eigenvalue weighted by atomic mass is 10.1. The van der Waals surface area contributed by atoms with Crippen LogP contribution in [0.3, 0.4) is 0 Å². The molecule has 0 spiro atoms. The SMILES string of the molecule is C#CCCn1cc(CCCNCCC)c2ccccc21. The number of para-hydroxylation sites is 1. The fraction of sp³-hybridized carbons (Fsp3) is 0.444. The molecule has 106 valence electrons. The predicted octanol–water partition coefficient (Wildman–Crippen LogP) is 3.60. The molecule has 1 heterocycles. The van der Waals surface area contributed by atoms with E-state index in [0.717, 1.165) is 32.5 Å². The maximum atomic E-state index is 5.38. The van der Waals surface area contributed by atoms with Gasteiger partial charge in [-0.1, -0.05) is 25.1 Å². The van der Waals surface area contributed by atoms with Crippen molar-refractivity contribution in [1.29, 1.82) is 0 Å². The van der Waals surface area contributed by atoms with E-state index in [4.69, 9.17) is 6.42 Å². The summed E-state index contributed by atoms with van der Waals surface area (Å²) < 4.78 is 2.30. The van der Waals surface area contributed by atoms with Crippen LogP contribution in [0.1, 0.15) is 31.7 Å². The van der Waals surface area contributed by atoms with E-state index in [0.29, 0.717) is 0 Å². The van der Waals surface area contributed by atoms with Crippen molar-refractivity contribution in [2.45, 2.75) is 39.2 Å². The Balaban J connectivity index is 2.06. The van der Waals surface area contributed by atoms with Gasteiger partial charge in [-0.05, 0) is 44.0 Å². The second kappa shape index (κ2) is 7.77. The minimum absolute atomic E-state index is 0.788. The van der Waals surface area contributed by atoms with Crippen molar-refractivity contribution >= 4 is 10.9 Å². The molecule has 0 amide bonds. The molecule has 1 aromatic carbocycles. The second-order valence-corrected chi connectivity index (χ2v) is 5.17. The zero-order valence-corrected chi connectivity index (χ0v) is 12.4. The van der Waals surface area contributed by atoms with Crippen molar-refractivity contribution in [3.8, 4) is 12.3 Å². The first-order valence-corrected chi connectivity index (χ1v) is 7.57. The van der Waals surface area contributed by atoms with Crippen molar-refractivity contribution < 1.29 is 0 Å². The van der Waals surface area contributed by atoms with Gasteiger partial charge in [0.2, 0.25) is 0 Å². The molecule has 0 saturated carbocycles. The van der Waals surface area contributed by atoms with E-state index < -0.39 is 0 Å². The highest BCUT2D eigenvalue weighted by Gasteiger charge is 2.07. The Bertz CT molecular complexity index is 575. The van der Waals surface area contributed by atoms with Gasteiger partial charge in [-0.3, -0.25) is 0 Å². The van der Waals surface area contributed by atoms with Gasteiger partial charge >= 0.3 is 0 Å². The molecule has 0 aliphatic rings. The summed E-state index contributed by atoms with van der Waals surface area (Å²) in [4.78, 5) is 0. The zero-order chi connectivity index (χ0) is 14.2. The number of terminal acetylenes is 1. The highest BCUT2D eigenvalue weighted by molar-refractivity contribution is 5.84. The molecule has 0 atom stereocenters. The number of aromatic nitrogens is 1. The van der Waals surface area contributed by atoms with Crippen LogP contribution >= 0.6 is 0 Å². The number of nitrogens with zero attached hydrogens (tertiary/aromatic N) is 1. The Labute approximate surface area is 122 Å². The lowest BCUT2D eigenvalue weighted by Gasteiger charge is -2.02. The summed E-state index contributed by atoms with van der Waals surface area (Å²) in [7, 11) is 0. The van der Waals surface area contributed by atoms with Gasteiger partial charge in [-0.2, -0.15) is 0 Å². The Morgan fingerprint density at radius 2 is 2.10 bits per heavy atom. The number of hydrogen-bond donors (Lipinski definition) is 1. The highest BCUT2D eigenvalue weighted by atomic mass is 15.0. The summed E-state index contributed by atoms with van der Waals surface area (Å²) in [6.45, 7) is 5.32. The summed E-state index contributed by atoms with van der Waals surface area (Å²) in [6, 6.07) is 8.62. The van der Waals surface area contributed by atoms with Crippen molar-refractivity contribution in [3.63, 3.8) is 0 Å². The molecule has 2 heteroatoms. The topological polar surface area (TPSA) is 17.0 Å². The average molecular weight is 268 g/mol. The molecule has 0 radical (unpaired) electrons. The van der Waals surface area contributed by atoms with Crippen LogP contribution in [0, 0.1) is 12.3 Å². The van der Waals surface area contributed by atoms with Crippen LogP contribution < -0.4 is 5.32 Å². The van der Waals surface area contributed by atoms with Crippen LogP contribution in [0.4, 0.5) is 0 Å². The monoisotopic (exact) mass is 268 g/mol. The number of benzene rings is 1. The molecule has 0 saturated heterocycles. The molecule has 1 N–H and O–H groups in total. The number of hydrogen-bond acceptors (Lipinski definition) is 1. The summed E-state index contributed by atoms with van der Waals surface area (Å²) in [6.07, 6.45) is 12.0. The van der Waals surface area contributed by atoms with Gasteiger partial charge in [0, 0.05) is 30.1 Å². The third kappa shape index (κ3) is 3.65. The number of rotatable bonds is 8. The Hall–Kier alpha value is -1.72. The molecular weight excluding hydrogens is 244 g/mol. The number of nitrogens with one attached hydrogen (secondary N) is 1. The van der Waals surface area contributed by atoms with Gasteiger partial charge in [0.25, 0.3) is 0 Å². The largest absolute Gasteiger partial charge is 0.346 e. The minimum Gasteiger partial charge on any atom is -0.346 e. The predicted molar refractivity (Wildman–Crippen MR) is 86.9 cm³/mol. The van der Waals surface area contributed by atoms with Gasteiger partial charge < -0.3 is 9.88 Å². The van der Waals surface area contributed by atoms with Gasteiger partial charge in [-0.25, -0.2) is 0 Å². The van der Waals surface area contributed by atoms with Crippen LogP contribution in [0.5, 0.6) is 0 Å². The average Bonchev–Trinajstić information content (AvgIpc) is 2.83. The molecule has 2 nitrogen and oxygen atoms in total. The fourth-order valence-corrected chi connectivity index (χ4v) is 2.60. The Morgan fingerprint density at radius 1 is 1.25 bits per heavy atom. The van der Waals surface area contributed by atoms with Gasteiger partial charge in [0.15, 0.2) is 0 Å². The zero-order valence-electron chi connectivity index (χ0n) is 12.4. The van der Waals surface area contributed by atoms with Crippen LogP contribution in [0.25, 0.3) is 10.9 Å². The molecular formula is C18H24N2. The van der Waals surface area contributed by atoms with Crippen molar-refractivity contribution in [2.24, 2.45) is 0 Å². The van der Waals surface area contributed by atoms with Gasteiger partial charge in [0.05, 0.1) is 0 Å². The lowest BCUT2D eigenvalue weighted by Crippen LogP contribution is -2.16. The number of aryl methyl sites for hydroxylation is 2. The first-order valence-electron chi connectivity index (χ1n) is 7.57. The molecule has 0 unspecified atom stereocenters. The summed E-state index contributed by atoms with van der Waals surface area (Å²) >= 11 is 0. The van der Waals surface area contributed by atoms with E-state index >= 15 is 0 Å². The Kier molecular flexibility index (Phi) is 5.70. The smallest absolute Gasteiger partial charge is 0.0483 e. The van der Waals surface area contributed by atoms with Gasteiger partial charge in [0.1, 0.15) is 0 Å². The molecule has 0 fully saturated rings. The fourth-order valence-electron chi connectivity index (χ4n) is 2.60. The standard InChI is InChI=1S/C18H24N2/c1-3-5-14-20-15-16(9-8-13-19-12-4-2)17-10-6-7-11-18(17)20/h1,6-7,10-11,15,19H,4-5,8-9,12-14H2,2H3. The maximum absolute atomic E-state index is 5.38. The summed E-state index contributed by atoms with van der Waals surface area (Å²) in [5.41, 5.74) is 2.75. The van der Waals surface area contributed by atoms with E-state index in [1.807, 2.05) is 0 Å². The van der Waals surface area contributed by atoms with Crippen molar-refractivity contribution in [1.82, 2.24) is 9.88 Å². The normalized spacial score (nSPS) is 10.8. The highest BCUT2D eigenvalue weighted by Crippen LogP contribution is 2.22. The second-order valence-electron chi connectivity index (χ2n) is 5.17. The maximum Gasteiger partial charge on any atom is 0.0483 e. The van der Waals surface area contributed by atoms with Gasteiger partial charge in [-0.15, -0.1) is 12.3 Å².